The van der Waals surface area contributed by atoms with Gasteiger partial charge in [0.15, 0.2) is 0 Å². The summed E-state index contributed by atoms with van der Waals surface area (Å²) < 4.78 is 17.7. The molecule has 2 saturated heterocycles. The molecule has 2 aliphatic heterocycles. The van der Waals surface area contributed by atoms with Crippen molar-refractivity contribution in [3.05, 3.63) is 23.3 Å². The number of amides is 2. The summed E-state index contributed by atoms with van der Waals surface area (Å²) >= 11 is 0. The number of carbonyl (C=O) groups is 3. The van der Waals surface area contributed by atoms with Crippen LogP contribution in [0.25, 0.3) is 0 Å². The lowest BCUT2D eigenvalue weighted by atomic mass is 9.70. The van der Waals surface area contributed by atoms with Gasteiger partial charge in [-0.25, -0.2) is 0 Å². The Kier molecular flexibility index (Phi) is 7.71. The number of methoxy groups -OCH3 is 1. The van der Waals surface area contributed by atoms with Gasteiger partial charge < -0.3 is 30.0 Å². The molecule has 40 heavy (non-hydrogen) atoms. The Morgan fingerprint density at radius 2 is 1.77 bits per heavy atom. The van der Waals surface area contributed by atoms with Crippen LogP contribution in [0.4, 0.5) is 0 Å². The average molecular weight is 554 g/mol. The van der Waals surface area contributed by atoms with Crippen molar-refractivity contribution in [2.24, 2.45) is 16.7 Å². The number of carbonyl (C=O) groups excluding carboxylic acids is 2. The second-order valence-electron chi connectivity index (χ2n) is 12.5. The molecule has 2 aliphatic carbocycles. The van der Waals surface area contributed by atoms with Crippen molar-refractivity contribution in [1.29, 1.82) is 5.26 Å². The van der Waals surface area contributed by atoms with Gasteiger partial charge in [0.25, 0.3) is 5.91 Å². The number of ether oxygens (including phenoxy) is 3. The molecule has 3 N–H and O–H groups in total. The highest BCUT2D eigenvalue weighted by Crippen LogP contribution is 2.42. The highest BCUT2D eigenvalue weighted by atomic mass is 16.5. The monoisotopic (exact) mass is 553 g/mol. The predicted octanol–water partition coefficient (Wildman–Crippen LogP) is 3.56. The lowest BCUT2D eigenvalue weighted by Crippen LogP contribution is -2.53. The third-order valence-corrected chi connectivity index (χ3v) is 9.64. The number of hydrogen-bond donors (Lipinski definition) is 3. The van der Waals surface area contributed by atoms with Gasteiger partial charge in [0, 0.05) is 12.6 Å². The van der Waals surface area contributed by atoms with Gasteiger partial charge in [-0.3, -0.25) is 14.4 Å². The molecule has 5 rings (SSSR count). The van der Waals surface area contributed by atoms with Crippen LogP contribution in [0.3, 0.4) is 0 Å². The molecule has 4 fully saturated rings. The highest BCUT2D eigenvalue weighted by Gasteiger charge is 2.53. The second kappa shape index (κ2) is 10.9. The standard InChI is InChI=1S/C30H39N3O7/c1-29(9-4-10-29)16-32-27(35)24-20-5-6-21(40-20)25(24)33-26(34)19-14-22(17(15-31)13-23(19)38-3)39-18-7-11-30(2,12-8-18)28(36)37/h13-14,18,20-21,24-25H,4-12,16H2,1-3H3,(H,32,35)(H,33,34)(H,36,37)/t18?,20-,21+,24?,25-,30?/m0/s1. The van der Waals surface area contributed by atoms with E-state index in [-0.39, 0.29) is 52.3 Å². The van der Waals surface area contributed by atoms with Crippen LogP contribution in [0, 0.1) is 28.1 Å². The molecule has 1 unspecified atom stereocenters. The Morgan fingerprint density at radius 3 is 2.38 bits per heavy atom. The normalized spacial score (nSPS) is 31.9. The van der Waals surface area contributed by atoms with Crippen LogP contribution in [0.2, 0.25) is 0 Å². The van der Waals surface area contributed by atoms with Crippen molar-refractivity contribution < 1.29 is 33.7 Å². The van der Waals surface area contributed by atoms with Crippen molar-refractivity contribution in [2.45, 2.75) is 96.0 Å². The summed E-state index contributed by atoms with van der Waals surface area (Å²) in [5, 5.41) is 25.4. The Labute approximate surface area is 234 Å². The molecular weight excluding hydrogens is 514 g/mol. The first-order chi connectivity index (χ1) is 19.1. The Morgan fingerprint density at radius 1 is 1.07 bits per heavy atom. The zero-order valence-corrected chi connectivity index (χ0v) is 23.5. The van der Waals surface area contributed by atoms with Gasteiger partial charge in [-0.2, -0.15) is 5.26 Å². The first-order valence-corrected chi connectivity index (χ1v) is 14.3. The average Bonchev–Trinajstić information content (AvgIpc) is 3.53. The third-order valence-electron chi connectivity index (χ3n) is 9.64. The molecule has 2 heterocycles. The maximum atomic E-state index is 13.6. The van der Waals surface area contributed by atoms with Crippen molar-refractivity contribution in [1.82, 2.24) is 10.6 Å². The zero-order chi connectivity index (χ0) is 28.7. The molecule has 1 aromatic carbocycles. The summed E-state index contributed by atoms with van der Waals surface area (Å²) in [5.41, 5.74) is -0.218. The van der Waals surface area contributed by atoms with Crippen molar-refractivity contribution >= 4 is 17.8 Å². The van der Waals surface area contributed by atoms with Crippen LogP contribution < -0.4 is 20.1 Å². The van der Waals surface area contributed by atoms with Gasteiger partial charge in [-0.1, -0.05) is 13.3 Å². The van der Waals surface area contributed by atoms with Gasteiger partial charge in [0.05, 0.1) is 53.9 Å². The molecule has 0 radical (unpaired) electrons. The molecule has 2 amide bonds. The van der Waals surface area contributed by atoms with E-state index in [1.54, 1.807) is 6.92 Å². The van der Waals surface area contributed by atoms with Crippen molar-refractivity contribution in [3.8, 4) is 17.6 Å². The minimum atomic E-state index is -0.819. The quantitative estimate of drug-likeness (QED) is 0.421. The van der Waals surface area contributed by atoms with Crippen LogP contribution in [-0.4, -0.2) is 60.9 Å². The molecular formula is C30H39N3O7. The van der Waals surface area contributed by atoms with Gasteiger partial charge in [0.2, 0.25) is 5.91 Å². The fraction of sp³-hybridized carbons (Fsp3) is 0.667. The van der Waals surface area contributed by atoms with E-state index in [2.05, 4.69) is 23.6 Å². The minimum absolute atomic E-state index is 0.0906. The topological polar surface area (TPSA) is 147 Å². The number of hydrogen-bond acceptors (Lipinski definition) is 7. The number of carboxylic acids is 1. The van der Waals surface area contributed by atoms with E-state index in [1.165, 1.54) is 25.7 Å². The summed E-state index contributed by atoms with van der Waals surface area (Å²) in [6.07, 6.45) is 6.18. The number of benzene rings is 1. The summed E-state index contributed by atoms with van der Waals surface area (Å²) in [6.45, 7) is 4.54. The summed E-state index contributed by atoms with van der Waals surface area (Å²) in [4.78, 5) is 38.5. The molecule has 2 saturated carbocycles. The first-order valence-electron chi connectivity index (χ1n) is 14.3. The van der Waals surface area contributed by atoms with Crippen molar-refractivity contribution in [2.75, 3.05) is 13.7 Å². The van der Waals surface area contributed by atoms with E-state index in [9.17, 15) is 24.8 Å². The van der Waals surface area contributed by atoms with E-state index in [0.29, 0.717) is 32.2 Å². The van der Waals surface area contributed by atoms with Crippen LogP contribution >= 0.6 is 0 Å². The molecule has 1 aromatic rings. The van der Waals surface area contributed by atoms with Gasteiger partial charge in [0.1, 0.15) is 17.6 Å². The van der Waals surface area contributed by atoms with Gasteiger partial charge >= 0.3 is 5.97 Å². The summed E-state index contributed by atoms with van der Waals surface area (Å²) in [7, 11) is 1.43. The van der Waals surface area contributed by atoms with Gasteiger partial charge in [-0.05, 0) is 69.8 Å². The fourth-order valence-electron chi connectivity index (χ4n) is 6.63. The van der Waals surface area contributed by atoms with Crippen LogP contribution in [0.1, 0.15) is 87.6 Å². The molecule has 10 heteroatoms. The minimum Gasteiger partial charge on any atom is -0.496 e. The number of nitriles is 1. The van der Waals surface area contributed by atoms with Crippen LogP contribution in [-0.2, 0) is 14.3 Å². The molecule has 10 nitrogen and oxygen atoms in total. The molecule has 4 aliphatic rings. The Hall–Kier alpha value is -3.32. The number of nitrogens with zero attached hydrogens (tertiary/aromatic N) is 1. The largest absolute Gasteiger partial charge is 0.496 e. The van der Waals surface area contributed by atoms with Crippen LogP contribution in [0.15, 0.2) is 12.1 Å². The second-order valence-corrected chi connectivity index (χ2v) is 12.5. The lowest BCUT2D eigenvalue weighted by Gasteiger charge is -2.39. The number of fused-ring (bicyclic) bond motifs is 2. The number of aliphatic carboxylic acids is 1. The Bertz CT molecular complexity index is 1210. The van der Waals surface area contributed by atoms with E-state index in [0.717, 1.165) is 25.7 Å². The smallest absolute Gasteiger partial charge is 0.309 e. The van der Waals surface area contributed by atoms with E-state index in [4.69, 9.17) is 14.2 Å². The van der Waals surface area contributed by atoms with Crippen LogP contribution in [0.5, 0.6) is 11.5 Å². The molecule has 0 aromatic heterocycles. The highest BCUT2D eigenvalue weighted by molar-refractivity contribution is 5.98. The molecule has 0 spiro atoms. The summed E-state index contributed by atoms with van der Waals surface area (Å²) in [5.74, 6) is -1.33. The summed E-state index contributed by atoms with van der Waals surface area (Å²) in [6, 6.07) is 4.63. The first kappa shape index (κ1) is 28.2. The lowest BCUT2D eigenvalue weighted by molar-refractivity contribution is -0.150. The Balaban J connectivity index is 1.31. The van der Waals surface area contributed by atoms with E-state index < -0.39 is 29.3 Å². The predicted molar refractivity (Wildman–Crippen MR) is 144 cm³/mol. The van der Waals surface area contributed by atoms with E-state index >= 15 is 0 Å². The SMILES string of the molecule is COc1cc(C#N)c(OC2CCC(C)(C(=O)O)CC2)cc1C(=O)N[C@@H]1C(C(=O)NCC2(C)CCC2)[C@@H]2CC[C@H]1O2. The fourth-order valence-corrected chi connectivity index (χ4v) is 6.63. The maximum Gasteiger partial charge on any atom is 0.309 e. The number of carboxylic acid groups (broad SMARTS) is 1. The third kappa shape index (κ3) is 5.36. The zero-order valence-electron chi connectivity index (χ0n) is 23.5. The van der Waals surface area contributed by atoms with Gasteiger partial charge in [-0.15, -0.1) is 0 Å². The molecule has 2 bridgehead atoms. The van der Waals surface area contributed by atoms with Crippen molar-refractivity contribution in [3.63, 3.8) is 0 Å². The molecule has 4 atom stereocenters. The molecule has 216 valence electrons. The van der Waals surface area contributed by atoms with E-state index in [1.807, 2.05) is 0 Å². The number of nitrogens with one attached hydrogen (secondary N) is 2. The maximum absolute atomic E-state index is 13.6. The number of rotatable bonds is 9.